The van der Waals surface area contributed by atoms with E-state index in [1.54, 1.807) is 18.9 Å². The summed E-state index contributed by atoms with van der Waals surface area (Å²) in [5, 5.41) is 3.00. The molecule has 4 fully saturated rings. The highest BCUT2D eigenvalue weighted by Crippen LogP contribution is 2.59. The molecule has 1 saturated heterocycles. The predicted molar refractivity (Wildman–Crippen MR) is 99.4 cm³/mol. The van der Waals surface area contributed by atoms with E-state index >= 15 is 0 Å². The van der Waals surface area contributed by atoms with E-state index in [9.17, 15) is 22.8 Å². The summed E-state index contributed by atoms with van der Waals surface area (Å²) in [7, 11) is 0. The second-order valence-electron chi connectivity index (χ2n) is 9.70. The van der Waals surface area contributed by atoms with Crippen LogP contribution in [0.15, 0.2) is 24.3 Å². The fourth-order valence-electron chi connectivity index (χ4n) is 6.29. The monoisotopic (exact) mass is 406 g/mol. The Kier molecular flexibility index (Phi) is 3.91. The van der Waals surface area contributed by atoms with E-state index in [-0.39, 0.29) is 17.5 Å². The number of hydrazine groups is 1. The average Bonchev–Trinajstić information content (AvgIpc) is 2.90. The highest BCUT2D eigenvalue weighted by atomic mass is 19.4. The summed E-state index contributed by atoms with van der Waals surface area (Å²) in [5.41, 5.74) is -1.93. The molecule has 5 unspecified atom stereocenters. The third kappa shape index (κ3) is 2.65. The lowest BCUT2D eigenvalue weighted by Crippen LogP contribution is -2.79. The molecule has 5 atom stereocenters. The van der Waals surface area contributed by atoms with Crippen molar-refractivity contribution in [3.8, 4) is 0 Å². The van der Waals surface area contributed by atoms with E-state index in [0.29, 0.717) is 5.92 Å². The summed E-state index contributed by atoms with van der Waals surface area (Å²) < 4.78 is 39.3. The van der Waals surface area contributed by atoms with Crippen LogP contribution < -0.4 is 0 Å². The molecule has 2 amide bonds. The zero-order valence-electron chi connectivity index (χ0n) is 16.6. The van der Waals surface area contributed by atoms with E-state index in [4.69, 9.17) is 0 Å². The fourth-order valence-corrected chi connectivity index (χ4v) is 6.29. The first-order valence-electron chi connectivity index (χ1n) is 10.4. The molecule has 7 heteroatoms. The van der Waals surface area contributed by atoms with Crippen molar-refractivity contribution < 1.29 is 22.8 Å². The van der Waals surface area contributed by atoms with Crippen LogP contribution in [0.3, 0.4) is 0 Å². The molecule has 3 aliphatic carbocycles. The van der Waals surface area contributed by atoms with Gasteiger partial charge in [0.2, 0.25) is 0 Å². The zero-order valence-corrected chi connectivity index (χ0v) is 16.6. The van der Waals surface area contributed by atoms with Gasteiger partial charge in [-0.05, 0) is 87.8 Å². The van der Waals surface area contributed by atoms with E-state index in [0.717, 1.165) is 55.6 Å². The summed E-state index contributed by atoms with van der Waals surface area (Å²) in [6.07, 6.45) is 0.917. The van der Waals surface area contributed by atoms with Gasteiger partial charge in [0.25, 0.3) is 11.8 Å². The number of halogens is 3. The quantitative estimate of drug-likeness (QED) is 0.725. The Morgan fingerprint density at radius 2 is 1.79 bits per heavy atom. The standard InChI is InChI=1S/C22H25F3N2O2/c1-21(2)20(29)26(18-7-6-12-8-14-9-15(18)11-17(12)14)27(21)19(28)13-4-3-5-16(10-13)22(23,24)25/h3-5,10,12,14-15,17-18H,6-9,11H2,1-2H3. The molecular weight excluding hydrogens is 381 g/mol. The van der Waals surface area contributed by atoms with E-state index < -0.39 is 23.2 Å². The predicted octanol–water partition coefficient (Wildman–Crippen LogP) is 4.51. The Labute approximate surface area is 168 Å². The molecule has 3 saturated carbocycles. The van der Waals surface area contributed by atoms with Crippen molar-refractivity contribution in [2.45, 2.75) is 63.7 Å². The number of benzene rings is 1. The number of alkyl halides is 3. The molecule has 29 heavy (non-hydrogen) atoms. The van der Waals surface area contributed by atoms with Crippen LogP contribution in [0, 0.1) is 23.7 Å². The molecule has 0 aromatic heterocycles. The lowest BCUT2D eigenvalue weighted by molar-refractivity contribution is -0.213. The minimum absolute atomic E-state index is 0.0249. The number of hydrogen-bond acceptors (Lipinski definition) is 2. The van der Waals surface area contributed by atoms with Crippen LogP contribution >= 0.6 is 0 Å². The molecule has 1 aromatic rings. The number of rotatable bonds is 2. The SMILES string of the molecule is CC1(C)C(=O)N(C2CCC3CC4CC2CC34)N1C(=O)c1cccc(C(F)(F)F)c1. The van der Waals surface area contributed by atoms with Crippen molar-refractivity contribution in [2.24, 2.45) is 23.7 Å². The second kappa shape index (κ2) is 5.99. The Balaban J connectivity index is 1.45. The van der Waals surface area contributed by atoms with Crippen LogP contribution in [0.2, 0.25) is 0 Å². The number of carbonyl (C=O) groups is 2. The lowest BCUT2D eigenvalue weighted by atomic mass is 9.64. The third-order valence-electron chi connectivity index (χ3n) is 7.79. The zero-order chi connectivity index (χ0) is 20.7. The molecule has 2 bridgehead atoms. The minimum atomic E-state index is -4.52. The molecule has 4 nitrogen and oxygen atoms in total. The Morgan fingerprint density at radius 3 is 2.52 bits per heavy atom. The summed E-state index contributed by atoms with van der Waals surface area (Å²) in [6, 6.07) is 4.45. The number of carbonyl (C=O) groups excluding carboxylic acids is 2. The molecule has 0 radical (unpaired) electrons. The van der Waals surface area contributed by atoms with Gasteiger partial charge in [-0.1, -0.05) is 6.07 Å². The van der Waals surface area contributed by atoms with Crippen molar-refractivity contribution in [3.05, 3.63) is 35.4 Å². The van der Waals surface area contributed by atoms with Crippen molar-refractivity contribution in [2.75, 3.05) is 0 Å². The Hall–Kier alpha value is -2.05. The van der Waals surface area contributed by atoms with E-state index in [1.165, 1.54) is 23.6 Å². The van der Waals surface area contributed by atoms with Gasteiger partial charge in [-0.25, -0.2) is 10.0 Å². The maximum absolute atomic E-state index is 13.2. The summed E-state index contributed by atoms with van der Waals surface area (Å²) in [6.45, 7) is 3.34. The Bertz CT molecular complexity index is 881. The third-order valence-corrected chi connectivity index (χ3v) is 7.79. The fraction of sp³-hybridized carbons (Fsp3) is 0.636. The van der Waals surface area contributed by atoms with Gasteiger partial charge >= 0.3 is 6.18 Å². The summed E-state index contributed by atoms with van der Waals surface area (Å²) >= 11 is 0. The summed E-state index contributed by atoms with van der Waals surface area (Å²) in [5.74, 6) is 2.00. The molecule has 0 N–H and O–H groups in total. The highest BCUT2D eigenvalue weighted by molar-refractivity contribution is 6.04. The number of amides is 2. The van der Waals surface area contributed by atoms with Crippen molar-refractivity contribution in [3.63, 3.8) is 0 Å². The highest BCUT2D eigenvalue weighted by Gasteiger charge is 2.61. The van der Waals surface area contributed by atoms with Crippen molar-refractivity contribution in [1.29, 1.82) is 0 Å². The number of hydrogen-bond donors (Lipinski definition) is 0. The van der Waals surface area contributed by atoms with Gasteiger partial charge in [-0.15, -0.1) is 0 Å². The smallest absolute Gasteiger partial charge is 0.270 e. The van der Waals surface area contributed by atoms with Gasteiger partial charge in [0, 0.05) is 5.56 Å². The first-order valence-corrected chi connectivity index (χ1v) is 10.4. The molecule has 0 spiro atoms. The molecule has 4 aliphatic rings. The minimum Gasteiger partial charge on any atom is -0.270 e. The van der Waals surface area contributed by atoms with Crippen molar-refractivity contribution in [1.82, 2.24) is 10.0 Å². The van der Waals surface area contributed by atoms with Crippen LogP contribution in [0.25, 0.3) is 0 Å². The first kappa shape index (κ1) is 18.9. The van der Waals surface area contributed by atoms with Crippen LogP contribution in [0.1, 0.15) is 61.9 Å². The van der Waals surface area contributed by atoms with Gasteiger partial charge in [-0.3, -0.25) is 9.59 Å². The normalized spacial score (nSPS) is 35.1. The van der Waals surface area contributed by atoms with Crippen LogP contribution in [0.4, 0.5) is 13.2 Å². The maximum Gasteiger partial charge on any atom is 0.416 e. The summed E-state index contributed by atoms with van der Waals surface area (Å²) in [4.78, 5) is 26.2. The lowest BCUT2D eigenvalue weighted by Gasteiger charge is -2.59. The Morgan fingerprint density at radius 1 is 1.07 bits per heavy atom. The maximum atomic E-state index is 13.2. The van der Waals surface area contributed by atoms with E-state index in [2.05, 4.69) is 0 Å². The van der Waals surface area contributed by atoms with Gasteiger partial charge in [-0.2, -0.15) is 13.2 Å². The topological polar surface area (TPSA) is 40.6 Å². The number of fused-ring (bicyclic) bond motifs is 1. The van der Waals surface area contributed by atoms with E-state index in [1.807, 2.05) is 0 Å². The molecule has 1 aromatic carbocycles. The molecule has 1 heterocycles. The van der Waals surface area contributed by atoms with Crippen LogP contribution in [-0.4, -0.2) is 33.4 Å². The number of nitrogens with zero attached hydrogens (tertiary/aromatic N) is 2. The van der Waals surface area contributed by atoms with Crippen LogP contribution in [-0.2, 0) is 11.0 Å². The van der Waals surface area contributed by atoms with Gasteiger partial charge in [0.05, 0.1) is 11.6 Å². The van der Waals surface area contributed by atoms with Gasteiger partial charge in [0.1, 0.15) is 5.54 Å². The molecule has 156 valence electrons. The van der Waals surface area contributed by atoms with Gasteiger partial charge < -0.3 is 0 Å². The molecular formula is C22H25F3N2O2. The largest absolute Gasteiger partial charge is 0.416 e. The molecule has 5 rings (SSSR count). The van der Waals surface area contributed by atoms with Crippen molar-refractivity contribution >= 4 is 11.8 Å². The van der Waals surface area contributed by atoms with Gasteiger partial charge in [0.15, 0.2) is 0 Å². The van der Waals surface area contributed by atoms with Crippen LogP contribution in [0.5, 0.6) is 0 Å². The second-order valence-corrected chi connectivity index (χ2v) is 9.70. The first-order chi connectivity index (χ1) is 13.6. The average molecular weight is 406 g/mol. The molecule has 1 aliphatic heterocycles.